The second-order valence-electron chi connectivity index (χ2n) is 7.85. The Morgan fingerprint density at radius 1 is 1.23 bits per heavy atom. The third-order valence-electron chi connectivity index (χ3n) is 5.88. The van der Waals surface area contributed by atoms with Crippen LogP contribution in [0.4, 0.5) is 10.5 Å². The van der Waals surface area contributed by atoms with E-state index >= 15 is 0 Å². The van der Waals surface area contributed by atoms with E-state index in [4.69, 9.17) is 0 Å². The lowest BCUT2D eigenvalue weighted by Crippen LogP contribution is -2.48. The van der Waals surface area contributed by atoms with Gasteiger partial charge < -0.3 is 15.2 Å². The molecule has 9 nitrogen and oxygen atoms in total. The zero-order valence-electron chi connectivity index (χ0n) is 17.1. The Hall–Kier alpha value is -3.23. The van der Waals surface area contributed by atoms with E-state index in [1.54, 1.807) is 12.4 Å². The van der Waals surface area contributed by atoms with Crippen molar-refractivity contribution < 1.29 is 14.4 Å². The maximum atomic E-state index is 12.8. The number of nitrogens with zero attached hydrogens (tertiary/aromatic N) is 4. The van der Waals surface area contributed by atoms with Crippen LogP contribution >= 0.6 is 0 Å². The van der Waals surface area contributed by atoms with E-state index in [1.807, 2.05) is 29.7 Å². The van der Waals surface area contributed by atoms with Gasteiger partial charge in [-0.15, -0.1) is 10.2 Å². The molecule has 0 atom stereocenters. The van der Waals surface area contributed by atoms with Gasteiger partial charge in [0.25, 0.3) is 5.91 Å². The SMILES string of the molecule is CCn1cnnc1-c1cccc(NC(=O)CCN2C(=O)NC3(CCCCC3)C2=O)c1. The minimum absolute atomic E-state index is 0.0462. The molecule has 1 spiro atoms. The fourth-order valence-electron chi connectivity index (χ4n) is 4.26. The van der Waals surface area contributed by atoms with Gasteiger partial charge in [-0.05, 0) is 31.9 Å². The highest BCUT2D eigenvalue weighted by molar-refractivity contribution is 6.07. The van der Waals surface area contributed by atoms with Gasteiger partial charge in [0.05, 0.1) is 0 Å². The summed E-state index contributed by atoms with van der Waals surface area (Å²) in [5, 5.41) is 13.8. The summed E-state index contributed by atoms with van der Waals surface area (Å²) in [6.07, 6.45) is 6.01. The number of carbonyl (C=O) groups is 3. The summed E-state index contributed by atoms with van der Waals surface area (Å²) in [6, 6.07) is 6.97. The monoisotopic (exact) mass is 410 g/mol. The molecule has 2 aromatic rings. The van der Waals surface area contributed by atoms with Gasteiger partial charge in [0.1, 0.15) is 11.9 Å². The molecule has 1 saturated heterocycles. The summed E-state index contributed by atoms with van der Waals surface area (Å²) in [5.74, 6) is 0.279. The van der Waals surface area contributed by atoms with Crippen LogP contribution < -0.4 is 10.6 Å². The van der Waals surface area contributed by atoms with E-state index < -0.39 is 11.6 Å². The lowest BCUT2D eigenvalue weighted by atomic mass is 9.82. The first-order chi connectivity index (χ1) is 14.5. The van der Waals surface area contributed by atoms with Crippen molar-refractivity contribution in [2.24, 2.45) is 0 Å². The smallest absolute Gasteiger partial charge is 0.325 e. The van der Waals surface area contributed by atoms with Gasteiger partial charge in [-0.3, -0.25) is 14.5 Å². The standard InChI is InChI=1S/C21H26N6O3/c1-2-26-14-22-25-18(26)15-7-6-8-16(13-15)23-17(28)9-12-27-19(29)21(24-20(27)30)10-4-3-5-11-21/h6-8,13-14H,2-5,9-12H2,1H3,(H,23,28)(H,24,30). The molecule has 1 saturated carbocycles. The van der Waals surface area contributed by atoms with Crippen LogP contribution in [-0.4, -0.2) is 49.6 Å². The van der Waals surface area contributed by atoms with Crippen LogP contribution in [0.1, 0.15) is 45.4 Å². The van der Waals surface area contributed by atoms with Crippen molar-refractivity contribution in [2.45, 2.75) is 57.5 Å². The molecule has 2 aliphatic rings. The van der Waals surface area contributed by atoms with Crippen LogP contribution in [0.3, 0.4) is 0 Å². The lowest BCUT2D eigenvalue weighted by Gasteiger charge is -2.30. The van der Waals surface area contributed by atoms with Crippen LogP contribution in [0.2, 0.25) is 0 Å². The van der Waals surface area contributed by atoms with Crippen molar-refractivity contribution >= 4 is 23.5 Å². The molecule has 9 heteroatoms. The molecule has 4 amide bonds. The largest absolute Gasteiger partial charge is 0.326 e. The van der Waals surface area contributed by atoms with Crippen LogP contribution in [0, 0.1) is 0 Å². The van der Waals surface area contributed by atoms with E-state index in [-0.39, 0.29) is 24.8 Å². The summed E-state index contributed by atoms with van der Waals surface area (Å²) in [7, 11) is 0. The van der Waals surface area contributed by atoms with Crippen molar-refractivity contribution in [3.63, 3.8) is 0 Å². The summed E-state index contributed by atoms with van der Waals surface area (Å²) < 4.78 is 1.92. The Morgan fingerprint density at radius 2 is 2.03 bits per heavy atom. The topological polar surface area (TPSA) is 109 Å². The van der Waals surface area contributed by atoms with Crippen LogP contribution in [0.5, 0.6) is 0 Å². The Kier molecular flexibility index (Phi) is 5.52. The molecular weight excluding hydrogens is 384 g/mol. The number of hydrogen-bond acceptors (Lipinski definition) is 5. The van der Waals surface area contributed by atoms with Gasteiger partial charge >= 0.3 is 6.03 Å². The first-order valence-electron chi connectivity index (χ1n) is 10.4. The second-order valence-corrected chi connectivity index (χ2v) is 7.85. The van der Waals surface area contributed by atoms with Crippen LogP contribution in [0.15, 0.2) is 30.6 Å². The quantitative estimate of drug-likeness (QED) is 0.712. The highest BCUT2D eigenvalue weighted by atomic mass is 16.2. The molecule has 2 N–H and O–H groups in total. The average Bonchev–Trinajstić information content (AvgIpc) is 3.31. The highest BCUT2D eigenvalue weighted by Gasteiger charge is 2.51. The minimum atomic E-state index is -0.755. The normalized spacial score (nSPS) is 18.0. The number of benzene rings is 1. The number of aromatic nitrogens is 3. The zero-order chi connectivity index (χ0) is 21.1. The van der Waals surface area contributed by atoms with Gasteiger partial charge in [0, 0.05) is 30.8 Å². The molecule has 2 heterocycles. The number of urea groups is 1. The Bertz CT molecular complexity index is 963. The number of nitrogens with one attached hydrogen (secondary N) is 2. The second kappa shape index (κ2) is 8.25. The summed E-state index contributed by atoms with van der Waals surface area (Å²) in [6.45, 7) is 2.82. The number of imide groups is 1. The van der Waals surface area contributed by atoms with Gasteiger partial charge in [-0.2, -0.15) is 0 Å². The number of carbonyl (C=O) groups excluding carboxylic acids is 3. The Labute approximate surface area is 174 Å². The fourth-order valence-corrected chi connectivity index (χ4v) is 4.26. The highest BCUT2D eigenvalue weighted by Crippen LogP contribution is 2.33. The number of rotatable bonds is 6. The van der Waals surface area contributed by atoms with Crippen molar-refractivity contribution in [1.29, 1.82) is 0 Å². The molecule has 0 unspecified atom stereocenters. The Morgan fingerprint density at radius 3 is 2.80 bits per heavy atom. The maximum Gasteiger partial charge on any atom is 0.325 e. The third-order valence-corrected chi connectivity index (χ3v) is 5.88. The maximum absolute atomic E-state index is 12.8. The van der Waals surface area contributed by atoms with Crippen LogP contribution in [0.25, 0.3) is 11.4 Å². The number of anilines is 1. The third kappa shape index (κ3) is 3.79. The molecular formula is C21H26N6O3. The Balaban J connectivity index is 1.37. The summed E-state index contributed by atoms with van der Waals surface area (Å²) in [5.41, 5.74) is 0.722. The molecule has 1 aliphatic carbocycles. The van der Waals surface area contributed by atoms with Crippen molar-refractivity contribution in [1.82, 2.24) is 25.0 Å². The van der Waals surface area contributed by atoms with Gasteiger partial charge in [-0.1, -0.05) is 31.4 Å². The first kappa shape index (κ1) is 20.1. The first-order valence-corrected chi connectivity index (χ1v) is 10.4. The van der Waals surface area contributed by atoms with Gasteiger partial charge in [0.15, 0.2) is 5.82 Å². The van der Waals surface area contributed by atoms with E-state index in [0.29, 0.717) is 18.5 Å². The summed E-state index contributed by atoms with van der Waals surface area (Å²) >= 11 is 0. The van der Waals surface area contributed by atoms with Crippen molar-refractivity contribution in [3.05, 3.63) is 30.6 Å². The predicted molar refractivity (Wildman–Crippen MR) is 110 cm³/mol. The number of hydrogen-bond donors (Lipinski definition) is 2. The molecule has 1 aromatic heterocycles. The molecule has 1 aliphatic heterocycles. The van der Waals surface area contributed by atoms with Gasteiger partial charge in [0.2, 0.25) is 5.91 Å². The van der Waals surface area contributed by atoms with E-state index in [9.17, 15) is 14.4 Å². The number of amides is 4. The minimum Gasteiger partial charge on any atom is -0.326 e. The molecule has 0 bridgehead atoms. The van der Waals surface area contributed by atoms with Crippen molar-refractivity contribution in [3.8, 4) is 11.4 Å². The average molecular weight is 410 g/mol. The molecule has 158 valence electrons. The molecule has 30 heavy (non-hydrogen) atoms. The number of aryl methyl sites for hydroxylation is 1. The van der Waals surface area contributed by atoms with E-state index in [1.165, 1.54) is 4.90 Å². The van der Waals surface area contributed by atoms with Crippen LogP contribution in [-0.2, 0) is 16.1 Å². The van der Waals surface area contributed by atoms with E-state index in [2.05, 4.69) is 20.8 Å². The van der Waals surface area contributed by atoms with E-state index in [0.717, 1.165) is 37.2 Å². The van der Waals surface area contributed by atoms with Crippen molar-refractivity contribution in [2.75, 3.05) is 11.9 Å². The molecule has 2 fully saturated rings. The predicted octanol–water partition coefficient (Wildman–Crippen LogP) is 2.55. The molecule has 0 radical (unpaired) electrons. The molecule has 4 rings (SSSR count). The zero-order valence-corrected chi connectivity index (χ0v) is 17.1. The molecule has 1 aromatic carbocycles. The fraction of sp³-hybridized carbons (Fsp3) is 0.476. The van der Waals surface area contributed by atoms with Gasteiger partial charge in [-0.25, -0.2) is 4.79 Å². The summed E-state index contributed by atoms with van der Waals surface area (Å²) in [4.78, 5) is 38.8. The lowest BCUT2D eigenvalue weighted by molar-refractivity contribution is -0.132.